The number of nitrogens with one attached hydrogen (secondary N) is 1. The first kappa shape index (κ1) is 21.6. The molecule has 3 rings (SSSR count). The summed E-state index contributed by atoms with van der Waals surface area (Å²) in [6.07, 6.45) is 3.11. The van der Waals surface area contributed by atoms with Gasteiger partial charge >= 0.3 is 0 Å². The van der Waals surface area contributed by atoms with Gasteiger partial charge in [-0.15, -0.1) is 0 Å². The van der Waals surface area contributed by atoms with Gasteiger partial charge in [0.15, 0.2) is 9.84 Å². The Morgan fingerprint density at radius 3 is 2.66 bits per heavy atom. The van der Waals surface area contributed by atoms with Crippen molar-refractivity contribution in [2.75, 3.05) is 5.75 Å². The maximum Gasteiger partial charge on any atom is 0.235 e. The number of sulfone groups is 1. The topological polar surface area (TPSA) is 89.3 Å². The lowest BCUT2D eigenvalue weighted by atomic mass is 9.78. The second-order valence-corrected chi connectivity index (χ2v) is 10.4. The van der Waals surface area contributed by atoms with E-state index in [0.717, 1.165) is 30.4 Å². The minimum Gasteiger partial charge on any atom is -0.441 e. The number of aromatic nitrogens is 1. The summed E-state index contributed by atoms with van der Waals surface area (Å²) in [6, 6.07) is 7.69. The van der Waals surface area contributed by atoms with Gasteiger partial charge < -0.3 is 9.73 Å². The Hall–Kier alpha value is -2.15. The number of carbonyl (C=O) groups excluding carboxylic acids is 1. The van der Waals surface area contributed by atoms with Crippen LogP contribution in [0.15, 0.2) is 28.7 Å². The van der Waals surface area contributed by atoms with Crippen molar-refractivity contribution in [2.24, 2.45) is 11.8 Å². The predicted molar refractivity (Wildman–Crippen MR) is 113 cm³/mol. The summed E-state index contributed by atoms with van der Waals surface area (Å²) in [5.74, 6) is 0.473. The van der Waals surface area contributed by atoms with E-state index in [-0.39, 0.29) is 11.8 Å². The highest BCUT2D eigenvalue weighted by Gasteiger charge is 2.30. The van der Waals surface area contributed by atoms with Crippen molar-refractivity contribution in [2.45, 2.75) is 58.8 Å². The number of hydrogen-bond acceptors (Lipinski definition) is 5. The molecule has 7 heteroatoms. The molecule has 1 aromatic heterocycles. The van der Waals surface area contributed by atoms with E-state index in [1.54, 1.807) is 6.92 Å². The SMILES string of the molecule is Cc1ccccc1-c1nc(CS(=O)(=O)CC(=O)N[C@@H]2CCC[C@H](C)[C@H]2C)c(C)o1. The molecule has 1 aliphatic carbocycles. The monoisotopic (exact) mass is 418 g/mol. The van der Waals surface area contributed by atoms with E-state index in [1.807, 2.05) is 31.2 Å². The standard InChI is InChI=1S/C22H30N2O4S/c1-14-9-7-11-19(16(14)3)23-21(25)13-29(26,27)12-20-17(4)28-22(24-20)18-10-6-5-8-15(18)2/h5-6,8,10,14,16,19H,7,9,11-13H2,1-4H3,(H,23,25)/t14-,16+,19+/m0/s1. The number of aryl methyl sites for hydroxylation is 2. The molecule has 0 aliphatic heterocycles. The van der Waals surface area contributed by atoms with Crippen LogP contribution in [0.3, 0.4) is 0 Å². The van der Waals surface area contributed by atoms with Gasteiger partial charge in [0.2, 0.25) is 11.8 Å². The van der Waals surface area contributed by atoms with E-state index in [1.165, 1.54) is 0 Å². The van der Waals surface area contributed by atoms with Crippen LogP contribution in [0.25, 0.3) is 11.5 Å². The molecule has 3 atom stereocenters. The van der Waals surface area contributed by atoms with Gasteiger partial charge in [0.25, 0.3) is 0 Å². The Balaban J connectivity index is 1.67. The number of benzene rings is 1. The van der Waals surface area contributed by atoms with E-state index in [4.69, 9.17) is 4.42 Å². The summed E-state index contributed by atoms with van der Waals surface area (Å²) in [5, 5.41) is 2.93. The molecular formula is C22H30N2O4S. The third-order valence-corrected chi connectivity index (χ3v) is 7.44. The Kier molecular flexibility index (Phi) is 6.46. The van der Waals surface area contributed by atoms with Gasteiger partial charge in [-0.25, -0.2) is 13.4 Å². The van der Waals surface area contributed by atoms with E-state index >= 15 is 0 Å². The molecule has 1 aliphatic rings. The summed E-state index contributed by atoms with van der Waals surface area (Å²) in [7, 11) is -3.65. The maximum absolute atomic E-state index is 12.6. The van der Waals surface area contributed by atoms with E-state index in [2.05, 4.69) is 24.1 Å². The summed E-state index contributed by atoms with van der Waals surface area (Å²) in [6.45, 7) is 7.95. The van der Waals surface area contributed by atoms with Crippen LogP contribution < -0.4 is 5.32 Å². The van der Waals surface area contributed by atoms with Crippen LogP contribution in [0.2, 0.25) is 0 Å². The van der Waals surface area contributed by atoms with Crippen molar-refractivity contribution in [1.29, 1.82) is 0 Å². The molecule has 6 nitrogen and oxygen atoms in total. The van der Waals surface area contributed by atoms with E-state index in [9.17, 15) is 13.2 Å². The Morgan fingerprint density at radius 1 is 1.21 bits per heavy atom. The van der Waals surface area contributed by atoms with Gasteiger partial charge in [-0.05, 0) is 43.7 Å². The molecule has 0 unspecified atom stereocenters. The van der Waals surface area contributed by atoms with Crippen LogP contribution in [0.5, 0.6) is 0 Å². The number of nitrogens with zero attached hydrogens (tertiary/aromatic N) is 1. The van der Waals surface area contributed by atoms with Crippen molar-refractivity contribution in [1.82, 2.24) is 10.3 Å². The molecule has 1 fully saturated rings. The van der Waals surface area contributed by atoms with Crippen molar-refractivity contribution in [3.8, 4) is 11.5 Å². The van der Waals surface area contributed by atoms with Crippen molar-refractivity contribution >= 4 is 15.7 Å². The minimum atomic E-state index is -3.65. The number of rotatable bonds is 6. The molecule has 0 spiro atoms. The van der Waals surface area contributed by atoms with Crippen LogP contribution in [-0.4, -0.2) is 31.1 Å². The molecule has 29 heavy (non-hydrogen) atoms. The molecule has 158 valence electrons. The number of oxazole rings is 1. The van der Waals surface area contributed by atoms with Crippen LogP contribution >= 0.6 is 0 Å². The highest BCUT2D eigenvalue weighted by Crippen LogP contribution is 2.29. The fraction of sp³-hybridized carbons (Fsp3) is 0.545. The third kappa shape index (κ3) is 5.26. The molecule has 1 N–H and O–H groups in total. The van der Waals surface area contributed by atoms with Gasteiger partial charge in [0, 0.05) is 11.6 Å². The maximum atomic E-state index is 12.6. The zero-order valence-corrected chi connectivity index (χ0v) is 18.4. The smallest absolute Gasteiger partial charge is 0.235 e. The average Bonchev–Trinajstić information content (AvgIpc) is 2.98. The summed E-state index contributed by atoms with van der Waals surface area (Å²) in [5.41, 5.74) is 2.19. The number of carbonyl (C=O) groups is 1. The summed E-state index contributed by atoms with van der Waals surface area (Å²) < 4.78 is 30.9. The lowest BCUT2D eigenvalue weighted by molar-refractivity contribution is -0.120. The zero-order valence-electron chi connectivity index (χ0n) is 17.6. The Labute approximate surface area is 173 Å². The zero-order chi connectivity index (χ0) is 21.2. The van der Waals surface area contributed by atoms with Crippen LogP contribution in [0, 0.1) is 25.7 Å². The molecule has 2 aromatic rings. The van der Waals surface area contributed by atoms with Crippen molar-refractivity contribution in [3.05, 3.63) is 41.3 Å². The molecule has 1 aromatic carbocycles. The highest BCUT2D eigenvalue weighted by atomic mass is 32.2. The van der Waals surface area contributed by atoms with Gasteiger partial charge in [-0.3, -0.25) is 4.79 Å². The van der Waals surface area contributed by atoms with Gasteiger partial charge in [0.1, 0.15) is 11.5 Å². The van der Waals surface area contributed by atoms with Gasteiger partial charge in [0.05, 0.1) is 11.4 Å². The lowest BCUT2D eigenvalue weighted by Gasteiger charge is -2.34. The van der Waals surface area contributed by atoms with Crippen molar-refractivity contribution in [3.63, 3.8) is 0 Å². The highest BCUT2D eigenvalue weighted by molar-refractivity contribution is 7.91. The third-order valence-electron chi connectivity index (χ3n) is 6.03. The number of amides is 1. The van der Waals surface area contributed by atoms with Crippen LogP contribution in [0.4, 0.5) is 0 Å². The normalized spacial score (nSPS) is 22.4. The summed E-state index contributed by atoms with van der Waals surface area (Å²) >= 11 is 0. The number of hydrogen-bond donors (Lipinski definition) is 1. The fourth-order valence-corrected chi connectivity index (χ4v) is 5.25. The molecule has 1 saturated carbocycles. The first-order valence-electron chi connectivity index (χ1n) is 10.2. The second-order valence-electron chi connectivity index (χ2n) is 8.31. The van der Waals surface area contributed by atoms with Crippen LogP contribution in [-0.2, 0) is 20.4 Å². The Morgan fingerprint density at radius 2 is 1.93 bits per heavy atom. The largest absolute Gasteiger partial charge is 0.441 e. The first-order valence-corrected chi connectivity index (χ1v) is 12.0. The molecule has 0 bridgehead atoms. The van der Waals surface area contributed by atoms with Gasteiger partial charge in [-0.1, -0.05) is 44.9 Å². The van der Waals surface area contributed by atoms with Crippen LogP contribution in [0.1, 0.15) is 50.1 Å². The molecule has 1 heterocycles. The first-order chi connectivity index (χ1) is 13.7. The molecule has 1 amide bonds. The lowest BCUT2D eigenvalue weighted by Crippen LogP contribution is -2.45. The van der Waals surface area contributed by atoms with Crippen molar-refractivity contribution < 1.29 is 17.6 Å². The summed E-state index contributed by atoms with van der Waals surface area (Å²) in [4.78, 5) is 16.8. The molecule has 0 radical (unpaired) electrons. The second kappa shape index (κ2) is 8.69. The molecular weight excluding hydrogens is 388 g/mol. The predicted octanol–water partition coefficient (Wildman–Crippen LogP) is 3.81. The Bertz CT molecular complexity index is 980. The quantitative estimate of drug-likeness (QED) is 0.770. The molecule has 0 saturated heterocycles. The minimum absolute atomic E-state index is 0.0443. The van der Waals surface area contributed by atoms with E-state index < -0.39 is 21.5 Å². The van der Waals surface area contributed by atoms with Gasteiger partial charge in [-0.2, -0.15) is 0 Å². The fourth-order valence-electron chi connectivity index (χ4n) is 3.98. The van der Waals surface area contributed by atoms with E-state index in [0.29, 0.717) is 29.2 Å². The average molecular weight is 419 g/mol.